The van der Waals surface area contributed by atoms with Gasteiger partial charge in [-0.1, -0.05) is 12.1 Å². The van der Waals surface area contributed by atoms with Crippen LogP contribution in [-0.4, -0.2) is 32.1 Å². The molecule has 1 N–H and O–H groups in total. The van der Waals surface area contributed by atoms with Gasteiger partial charge in [0, 0.05) is 12.1 Å². The average molecular weight is 333 g/mol. The summed E-state index contributed by atoms with van der Waals surface area (Å²) < 4.78 is 9.09. The molecule has 1 aromatic carbocycles. The van der Waals surface area contributed by atoms with Gasteiger partial charge >= 0.3 is 17.8 Å². The molecule has 1 aliphatic rings. The molecule has 130 valence electrons. The van der Waals surface area contributed by atoms with Gasteiger partial charge in [-0.3, -0.25) is 9.59 Å². The number of amides is 1. The van der Waals surface area contributed by atoms with Gasteiger partial charge in [0.15, 0.2) is 0 Å². The molecule has 0 aromatic heterocycles. The lowest BCUT2D eigenvalue weighted by Crippen LogP contribution is -2.23. The number of hydrogen-bond acceptors (Lipinski definition) is 5. The molecular formula is C18H23NO5. The fraction of sp³-hybridized carbons (Fsp3) is 0.500. The predicted octanol–water partition coefficient (Wildman–Crippen LogP) is 2.64. The van der Waals surface area contributed by atoms with Gasteiger partial charge in [0.2, 0.25) is 0 Å². The van der Waals surface area contributed by atoms with Crippen molar-refractivity contribution in [3.05, 3.63) is 29.8 Å². The average Bonchev–Trinajstić information content (AvgIpc) is 2.62. The van der Waals surface area contributed by atoms with Crippen molar-refractivity contribution in [1.29, 1.82) is 0 Å². The summed E-state index contributed by atoms with van der Waals surface area (Å²) in [5, 5.41) is 2.49. The van der Waals surface area contributed by atoms with Crippen molar-refractivity contribution in [3.8, 4) is 0 Å². The number of carbonyl (C=O) groups is 3. The highest BCUT2D eigenvalue weighted by Gasteiger charge is 2.24. The van der Waals surface area contributed by atoms with Crippen LogP contribution >= 0.6 is 0 Å². The number of ether oxygens (including phenoxy) is 2. The van der Waals surface area contributed by atoms with Crippen molar-refractivity contribution in [2.75, 3.05) is 19.5 Å². The van der Waals surface area contributed by atoms with E-state index in [-0.39, 0.29) is 5.97 Å². The summed E-state index contributed by atoms with van der Waals surface area (Å²) in [4.78, 5) is 33.9. The third kappa shape index (κ3) is 4.81. The summed E-state index contributed by atoms with van der Waals surface area (Å²) in [5.74, 6) is -0.961. The quantitative estimate of drug-likeness (QED) is 0.676. The number of benzene rings is 1. The van der Waals surface area contributed by atoms with Crippen LogP contribution < -0.4 is 5.32 Å². The lowest BCUT2D eigenvalue weighted by atomic mass is 9.77. The van der Waals surface area contributed by atoms with Crippen LogP contribution in [0.2, 0.25) is 0 Å². The van der Waals surface area contributed by atoms with E-state index >= 15 is 0 Å². The zero-order chi connectivity index (χ0) is 17.5. The van der Waals surface area contributed by atoms with Crippen molar-refractivity contribution in [2.45, 2.75) is 38.0 Å². The Morgan fingerprint density at radius 1 is 1.00 bits per heavy atom. The number of carbonyl (C=O) groups excluding carboxylic acids is 3. The molecule has 0 bridgehead atoms. The first kappa shape index (κ1) is 18.0. The Kier molecular flexibility index (Phi) is 6.35. The summed E-state index contributed by atoms with van der Waals surface area (Å²) in [5.41, 5.74) is 1.77. The molecule has 0 radical (unpaired) electrons. The molecule has 0 heterocycles. The third-order valence-electron chi connectivity index (χ3n) is 4.54. The van der Waals surface area contributed by atoms with E-state index in [1.54, 1.807) is 12.1 Å². The van der Waals surface area contributed by atoms with Crippen LogP contribution in [0.4, 0.5) is 5.69 Å². The normalized spacial score (nSPS) is 20.1. The van der Waals surface area contributed by atoms with Crippen molar-refractivity contribution < 1.29 is 23.9 Å². The van der Waals surface area contributed by atoms with Crippen molar-refractivity contribution >= 4 is 23.5 Å². The largest absolute Gasteiger partial charge is 0.469 e. The molecule has 1 saturated carbocycles. The van der Waals surface area contributed by atoms with Crippen LogP contribution in [0.1, 0.15) is 43.6 Å². The highest BCUT2D eigenvalue weighted by Crippen LogP contribution is 2.37. The number of rotatable bonds is 4. The molecule has 0 atom stereocenters. The van der Waals surface area contributed by atoms with E-state index in [4.69, 9.17) is 4.74 Å². The van der Waals surface area contributed by atoms with Gasteiger partial charge in [0.05, 0.1) is 14.2 Å². The molecule has 0 unspecified atom stereocenters. The van der Waals surface area contributed by atoms with E-state index in [9.17, 15) is 14.4 Å². The third-order valence-corrected chi connectivity index (χ3v) is 4.54. The number of nitrogens with one attached hydrogen (secondary N) is 1. The molecule has 1 aliphatic carbocycles. The fourth-order valence-corrected chi connectivity index (χ4v) is 3.13. The molecule has 1 fully saturated rings. The van der Waals surface area contributed by atoms with E-state index in [2.05, 4.69) is 10.1 Å². The SMILES string of the molecule is COC(=O)CC1CCC(c2ccc(NC(=O)C(=O)OC)cc2)CC1. The van der Waals surface area contributed by atoms with E-state index in [1.807, 2.05) is 12.1 Å². The van der Waals surface area contributed by atoms with Crippen molar-refractivity contribution in [3.63, 3.8) is 0 Å². The zero-order valence-electron chi connectivity index (χ0n) is 14.0. The minimum atomic E-state index is -0.914. The van der Waals surface area contributed by atoms with E-state index in [1.165, 1.54) is 19.8 Å². The molecule has 0 spiro atoms. The van der Waals surface area contributed by atoms with Gasteiger partial charge < -0.3 is 14.8 Å². The van der Waals surface area contributed by atoms with Gasteiger partial charge in [0.25, 0.3) is 0 Å². The maximum absolute atomic E-state index is 11.5. The van der Waals surface area contributed by atoms with Crippen molar-refractivity contribution in [2.24, 2.45) is 5.92 Å². The lowest BCUT2D eigenvalue weighted by Gasteiger charge is -2.28. The first-order valence-corrected chi connectivity index (χ1v) is 8.09. The molecule has 1 aromatic rings. The fourth-order valence-electron chi connectivity index (χ4n) is 3.13. The van der Waals surface area contributed by atoms with E-state index in [0.29, 0.717) is 23.9 Å². The molecule has 0 aliphatic heterocycles. The van der Waals surface area contributed by atoms with Gasteiger partial charge in [0.1, 0.15) is 0 Å². The highest BCUT2D eigenvalue weighted by molar-refractivity contribution is 6.37. The van der Waals surface area contributed by atoms with Crippen LogP contribution in [0.15, 0.2) is 24.3 Å². The van der Waals surface area contributed by atoms with Gasteiger partial charge in [-0.05, 0) is 55.2 Å². The van der Waals surface area contributed by atoms with Crippen LogP contribution in [0.5, 0.6) is 0 Å². The van der Waals surface area contributed by atoms with Gasteiger partial charge in [-0.25, -0.2) is 4.79 Å². The van der Waals surface area contributed by atoms with Crippen molar-refractivity contribution in [1.82, 2.24) is 0 Å². The standard InChI is InChI=1S/C18H23NO5/c1-23-16(20)11-12-3-5-13(6-4-12)14-7-9-15(10-8-14)19-17(21)18(22)24-2/h7-10,12-13H,3-6,11H2,1-2H3,(H,19,21). The Morgan fingerprint density at radius 2 is 1.62 bits per heavy atom. The molecular weight excluding hydrogens is 310 g/mol. The van der Waals surface area contributed by atoms with Crippen LogP contribution in [0, 0.1) is 5.92 Å². The van der Waals surface area contributed by atoms with Crippen LogP contribution in [-0.2, 0) is 23.9 Å². The molecule has 6 heteroatoms. The predicted molar refractivity (Wildman–Crippen MR) is 88.4 cm³/mol. The Bertz CT molecular complexity index is 588. The number of methoxy groups -OCH3 is 2. The minimum absolute atomic E-state index is 0.135. The summed E-state index contributed by atoms with van der Waals surface area (Å²) in [6.07, 6.45) is 4.61. The Morgan fingerprint density at radius 3 is 2.17 bits per heavy atom. The second kappa shape index (κ2) is 8.47. The summed E-state index contributed by atoms with van der Waals surface area (Å²) >= 11 is 0. The first-order valence-electron chi connectivity index (χ1n) is 8.09. The summed E-state index contributed by atoms with van der Waals surface area (Å²) in [7, 11) is 2.59. The molecule has 24 heavy (non-hydrogen) atoms. The monoisotopic (exact) mass is 333 g/mol. The van der Waals surface area contributed by atoms with Gasteiger partial charge in [-0.2, -0.15) is 0 Å². The molecule has 1 amide bonds. The second-order valence-corrected chi connectivity index (χ2v) is 6.07. The lowest BCUT2D eigenvalue weighted by molar-refractivity contribution is -0.150. The Hall–Kier alpha value is -2.37. The molecule has 6 nitrogen and oxygen atoms in total. The Balaban J connectivity index is 1.87. The highest BCUT2D eigenvalue weighted by atomic mass is 16.5. The van der Waals surface area contributed by atoms with Gasteiger partial charge in [-0.15, -0.1) is 0 Å². The number of esters is 2. The zero-order valence-corrected chi connectivity index (χ0v) is 14.0. The molecule has 0 saturated heterocycles. The van der Waals surface area contributed by atoms with E-state index in [0.717, 1.165) is 25.7 Å². The number of anilines is 1. The van der Waals surface area contributed by atoms with Crippen LogP contribution in [0.3, 0.4) is 0 Å². The topological polar surface area (TPSA) is 81.7 Å². The smallest absolute Gasteiger partial charge is 0.396 e. The molecule has 2 rings (SSSR count). The Labute approximate surface area is 141 Å². The van der Waals surface area contributed by atoms with Crippen LogP contribution in [0.25, 0.3) is 0 Å². The maximum Gasteiger partial charge on any atom is 0.396 e. The second-order valence-electron chi connectivity index (χ2n) is 6.07. The maximum atomic E-state index is 11.5. The summed E-state index contributed by atoms with van der Waals surface area (Å²) in [6, 6.07) is 7.52. The first-order chi connectivity index (χ1) is 11.5. The number of hydrogen-bond donors (Lipinski definition) is 1. The van der Waals surface area contributed by atoms with E-state index < -0.39 is 11.9 Å². The minimum Gasteiger partial charge on any atom is -0.469 e. The summed E-state index contributed by atoms with van der Waals surface area (Å²) in [6.45, 7) is 0.